The molecule has 0 saturated carbocycles. The van der Waals surface area contributed by atoms with Crippen molar-refractivity contribution in [2.24, 2.45) is 0 Å². The van der Waals surface area contributed by atoms with Crippen molar-refractivity contribution < 1.29 is 9.18 Å². The Balaban J connectivity index is 1.71. The fourth-order valence-electron chi connectivity index (χ4n) is 3.39. The van der Waals surface area contributed by atoms with Gasteiger partial charge in [0.2, 0.25) is 0 Å². The van der Waals surface area contributed by atoms with Crippen molar-refractivity contribution >= 4 is 28.3 Å². The first-order valence-electron chi connectivity index (χ1n) is 8.70. The number of aromatic nitrogens is 2. The van der Waals surface area contributed by atoms with E-state index in [9.17, 15) is 9.18 Å². The Morgan fingerprint density at radius 3 is 2.81 bits per heavy atom. The third-order valence-corrected chi connectivity index (χ3v) is 4.59. The van der Waals surface area contributed by atoms with Crippen LogP contribution in [-0.2, 0) is 0 Å². The van der Waals surface area contributed by atoms with Crippen LogP contribution >= 0.6 is 0 Å². The Bertz CT molecular complexity index is 977. The van der Waals surface area contributed by atoms with E-state index in [0.29, 0.717) is 27.8 Å². The highest BCUT2D eigenvalue weighted by molar-refractivity contribution is 6.13. The van der Waals surface area contributed by atoms with Crippen LogP contribution in [0.5, 0.6) is 0 Å². The molecule has 0 spiro atoms. The van der Waals surface area contributed by atoms with E-state index < -0.39 is 0 Å². The van der Waals surface area contributed by atoms with Crippen molar-refractivity contribution in [3.05, 3.63) is 59.7 Å². The second kappa shape index (κ2) is 6.71. The Morgan fingerprint density at radius 2 is 2.00 bits per heavy atom. The average Bonchev–Trinajstić information content (AvgIpc) is 3.15. The van der Waals surface area contributed by atoms with Crippen LogP contribution in [0.1, 0.15) is 28.9 Å². The standard InChI is InChI=1S/C20H19FN4O/c1-13-11-16(15-7-6-14(21)12-18(15)23-13)20(26)24-17-5-4-8-22-19(17)25-9-2-3-10-25/h4-8,11-12H,2-3,9-10H2,1H3,(H,24,26). The zero-order valence-electron chi connectivity index (χ0n) is 14.5. The molecule has 6 heteroatoms. The number of anilines is 2. The van der Waals surface area contributed by atoms with Gasteiger partial charge in [0.05, 0.1) is 16.8 Å². The van der Waals surface area contributed by atoms with Crippen molar-refractivity contribution in [2.45, 2.75) is 19.8 Å². The van der Waals surface area contributed by atoms with Crippen molar-refractivity contribution in [3.63, 3.8) is 0 Å². The van der Waals surface area contributed by atoms with Crippen LogP contribution in [-0.4, -0.2) is 29.0 Å². The second-order valence-electron chi connectivity index (χ2n) is 6.50. The van der Waals surface area contributed by atoms with Gasteiger partial charge in [0.25, 0.3) is 5.91 Å². The predicted octanol–water partition coefficient (Wildman–Crippen LogP) is 3.93. The van der Waals surface area contributed by atoms with Crippen molar-refractivity contribution in [3.8, 4) is 0 Å². The fourth-order valence-corrected chi connectivity index (χ4v) is 3.39. The Hall–Kier alpha value is -3.02. The second-order valence-corrected chi connectivity index (χ2v) is 6.50. The highest BCUT2D eigenvalue weighted by Crippen LogP contribution is 2.27. The summed E-state index contributed by atoms with van der Waals surface area (Å²) in [5.74, 6) is 0.172. The molecule has 3 aromatic rings. The molecule has 1 amide bonds. The lowest BCUT2D eigenvalue weighted by atomic mass is 10.1. The van der Waals surface area contributed by atoms with E-state index in [4.69, 9.17) is 0 Å². The molecule has 1 aliphatic rings. The SMILES string of the molecule is Cc1cc(C(=O)Nc2cccnc2N2CCCC2)c2ccc(F)cc2n1. The first-order valence-corrected chi connectivity index (χ1v) is 8.70. The van der Waals surface area contributed by atoms with Gasteiger partial charge in [-0.05, 0) is 50.1 Å². The molecule has 132 valence electrons. The van der Waals surface area contributed by atoms with Crippen LogP contribution in [0, 0.1) is 12.7 Å². The molecule has 5 nitrogen and oxygen atoms in total. The molecule has 0 atom stereocenters. The number of nitrogens with zero attached hydrogens (tertiary/aromatic N) is 3. The number of benzene rings is 1. The van der Waals surface area contributed by atoms with Gasteiger partial charge in [-0.2, -0.15) is 0 Å². The molecule has 0 unspecified atom stereocenters. The number of carbonyl (C=O) groups excluding carboxylic acids is 1. The number of carbonyl (C=O) groups is 1. The lowest BCUT2D eigenvalue weighted by Crippen LogP contribution is -2.22. The van der Waals surface area contributed by atoms with Gasteiger partial charge in [-0.25, -0.2) is 9.37 Å². The van der Waals surface area contributed by atoms with Crippen LogP contribution in [0.2, 0.25) is 0 Å². The number of halogens is 1. The molecule has 4 rings (SSSR count). The quantitative estimate of drug-likeness (QED) is 0.778. The molecule has 0 aliphatic carbocycles. The number of nitrogens with one attached hydrogen (secondary N) is 1. The number of amides is 1. The van der Waals surface area contributed by atoms with E-state index in [1.807, 2.05) is 6.07 Å². The molecular weight excluding hydrogens is 331 g/mol. The van der Waals surface area contributed by atoms with Crippen LogP contribution in [0.25, 0.3) is 10.9 Å². The minimum atomic E-state index is -0.370. The maximum Gasteiger partial charge on any atom is 0.256 e. The smallest absolute Gasteiger partial charge is 0.256 e. The maximum atomic E-state index is 13.5. The molecule has 26 heavy (non-hydrogen) atoms. The molecule has 1 saturated heterocycles. The van der Waals surface area contributed by atoms with Crippen molar-refractivity contribution in [1.82, 2.24) is 9.97 Å². The highest BCUT2D eigenvalue weighted by atomic mass is 19.1. The summed E-state index contributed by atoms with van der Waals surface area (Å²) in [7, 11) is 0. The number of rotatable bonds is 3. The molecule has 1 N–H and O–H groups in total. The number of hydrogen-bond acceptors (Lipinski definition) is 4. The lowest BCUT2D eigenvalue weighted by molar-refractivity contribution is 0.102. The molecule has 1 aliphatic heterocycles. The van der Waals surface area contributed by atoms with E-state index in [1.165, 1.54) is 12.1 Å². The van der Waals surface area contributed by atoms with Gasteiger partial charge in [-0.15, -0.1) is 0 Å². The summed E-state index contributed by atoms with van der Waals surface area (Å²) >= 11 is 0. The van der Waals surface area contributed by atoms with Crippen molar-refractivity contribution in [2.75, 3.05) is 23.3 Å². The van der Waals surface area contributed by atoms with Crippen LogP contribution in [0.4, 0.5) is 15.9 Å². The first-order chi connectivity index (χ1) is 12.6. The minimum Gasteiger partial charge on any atom is -0.355 e. The predicted molar refractivity (Wildman–Crippen MR) is 100 cm³/mol. The van der Waals surface area contributed by atoms with Gasteiger partial charge < -0.3 is 10.2 Å². The summed E-state index contributed by atoms with van der Waals surface area (Å²) in [5.41, 5.74) is 2.30. The van der Waals surface area contributed by atoms with E-state index in [0.717, 1.165) is 31.7 Å². The molecule has 3 heterocycles. The number of fused-ring (bicyclic) bond motifs is 1. The summed E-state index contributed by atoms with van der Waals surface area (Å²) in [4.78, 5) is 23.9. The van der Waals surface area contributed by atoms with E-state index in [1.54, 1.807) is 31.3 Å². The lowest BCUT2D eigenvalue weighted by Gasteiger charge is -2.20. The topological polar surface area (TPSA) is 58.1 Å². The molecule has 1 aromatic carbocycles. The highest BCUT2D eigenvalue weighted by Gasteiger charge is 2.19. The third-order valence-electron chi connectivity index (χ3n) is 4.59. The Kier molecular flexibility index (Phi) is 4.24. The molecule has 2 aromatic heterocycles. The zero-order chi connectivity index (χ0) is 18.1. The number of hydrogen-bond donors (Lipinski definition) is 1. The van der Waals surface area contributed by atoms with Gasteiger partial charge in [0, 0.05) is 36.4 Å². The summed E-state index contributed by atoms with van der Waals surface area (Å²) in [6.45, 7) is 3.67. The van der Waals surface area contributed by atoms with Crippen LogP contribution in [0.15, 0.2) is 42.6 Å². The molecule has 1 fully saturated rings. The van der Waals surface area contributed by atoms with Gasteiger partial charge in [-0.3, -0.25) is 9.78 Å². The van der Waals surface area contributed by atoms with Crippen LogP contribution in [0.3, 0.4) is 0 Å². The Labute approximate surface area is 150 Å². The van der Waals surface area contributed by atoms with E-state index in [-0.39, 0.29) is 11.7 Å². The van der Waals surface area contributed by atoms with E-state index in [2.05, 4.69) is 20.2 Å². The number of aryl methyl sites for hydroxylation is 1. The minimum absolute atomic E-state index is 0.249. The van der Waals surface area contributed by atoms with Gasteiger partial charge in [0.15, 0.2) is 5.82 Å². The molecule has 0 radical (unpaired) electrons. The van der Waals surface area contributed by atoms with Gasteiger partial charge >= 0.3 is 0 Å². The van der Waals surface area contributed by atoms with Gasteiger partial charge in [-0.1, -0.05) is 0 Å². The maximum absolute atomic E-state index is 13.5. The summed E-state index contributed by atoms with van der Waals surface area (Å²) in [6.07, 6.45) is 3.99. The van der Waals surface area contributed by atoms with Gasteiger partial charge in [0.1, 0.15) is 5.82 Å². The number of pyridine rings is 2. The van der Waals surface area contributed by atoms with E-state index >= 15 is 0 Å². The molecule has 0 bridgehead atoms. The molecular formula is C20H19FN4O. The summed E-state index contributed by atoms with van der Waals surface area (Å²) in [6, 6.07) is 9.67. The Morgan fingerprint density at radius 1 is 1.19 bits per heavy atom. The zero-order valence-corrected chi connectivity index (χ0v) is 14.5. The first kappa shape index (κ1) is 16.4. The summed E-state index contributed by atoms with van der Waals surface area (Å²) < 4.78 is 13.5. The van der Waals surface area contributed by atoms with Crippen molar-refractivity contribution in [1.29, 1.82) is 0 Å². The average molecular weight is 350 g/mol. The summed E-state index contributed by atoms with van der Waals surface area (Å²) in [5, 5.41) is 3.60. The third kappa shape index (κ3) is 3.10. The normalized spacial score (nSPS) is 14.0. The largest absolute Gasteiger partial charge is 0.355 e. The van der Waals surface area contributed by atoms with Crippen LogP contribution < -0.4 is 10.2 Å². The monoisotopic (exact) mass is 350 g/mol. The fraction of sp³-hybridized carbons (Fsp3) is 0.250.